The lowest BCUT2D eigenvalue weighted by molar-refractivity contribution is 0.725. The highest BCUT2D eigenvalue weighted by Gasteiger charge is 2.21. The van der Waals surface area contributed by atoms with Crippen LogP contribution in [0.2, 0.25) is 5.02 Å². The number of aryl methyl sites for hydroxylation is 3. The molecule has 0 unspecified atom stereocenters. The van der Waals surface area contributed by atoms with E-state index >= 15 is 0 Å². The molecule has 3 aromatic rings. The number of nitrogens with zero attached hydrogens (tertiary/aromatic N) is 2. The second-order valence-corrected chi connectivity index (χ2v) is 8.27. The van der Waals surface area contributed by atoms with E-state index in [9.17, 15) is 4.79 Å². The molecule has 0 radical (unpaired) electrons. The van der Waals surface area contributed by atoms with E-state index in [4.69, 9.17) is 11.6 Å². The fourth-order valence-electron chi connectivity index (χ4n) is 2.97. The van der Waals surface area contributed by atoms with Gasteiger partial charge in [-0.05, 0) is 49.1 Å². The van der Waals surface area contributed by atoms with Crippen LogP contribution in [0.15, 0.2) is 40.3 Å². The fourth-order valence-corrected chi connectivity index (χ4v) is 5.17. The zero-order valence-corrected chi connectivity index (χ0v) is 14.8. The Labute approximate surface area is 147 Å². The molecule has 0 amide bonds. The third kappa shape index (κ3) is 2.93. The molecule has 2 heterocycles. The number of halogens is 1. The first-order valence-electron chi connectivity index (χ1n) is 7.60. The largest absolute Gasteiger partial charge is 0.298 e. The van der Waals surface area contributed by atoms with Crippen LogP contribution in [0, 0.1) is 0 Å². The molecule has 6 heteroatoms. The van der Waals surface area contributed by atoms with Crippen LogP contribution in [-0.2, 0) is 19.4 Å². The number of hydrogen-bond donors (Lipinski definition) is 0. The Morgan fingerprint density at radius 1 is 1.26 bits per heavy atom. The molecule has 0 saturated carbocycles. The van der Waals surface area contributed by atoms with Gasteiger partial charge in [-0.15, -0.1) is 23.1 Å². The number of benzene rings is 1. The summed E-state index contributed by atoms with van der Waals surface area (Å²) in [7, 11) is 0. The van der Waals surface area contributed by atoms with E-state index in [-0.39, 0.29) is 5.56 Å². The molecule has 0 aliphatic heterocycles. The zero-order chi connectivity index (χ0) is 15.8. The highest BCUT2D eigenvalue weighted by Crippen LogP contribution is 2.34. The molecule has 0 bridgehead atoms. The van der Waals surface area contributed by atoms with Crippen molar-refractivity contribution in [1.82, 2.24) is 9.55 Å². The summed E-state index contributed by atoms with van der Waals surface area (Å²) in [5, 5.41) is 1.60. The first-order valence-corrected chi connectivity index (χ1v) is 9.78. The van der Waals surface area contributed by atoms with Crippen molar-refractivity contribution in [2.45, 2.75) is 30.7 Å². The summed E-state index contributed by atoms with van der Waals surface area (Å²) in [5.74, 6) is 0.834. The van der Waals surface area contributed by atoms with Gasteiger partial charge in [0.05, 0.1) is 11.7 Å². The van der Waals surface area contributed by atoms with Crippen molar-refractivity contribution in [1.29, 1.82) is 0 Å². The molecule has 0 fully saturated rings. The summed E-state index contributed by atoms with van der Waals surface area (Å²) in [5.41, 5.74) is 1.37. The van der Waals surface area contributed by atoms with Gasteiger partial charge in [0.2, 0.25) is 0 Å². The van der Waals surface area contributed by atoms with Crippen LogP contribution in [0.4, 0.5) is 0 Å². The van der Waals surface area contributed by atoms with Gasteiger partial charge in [0.15, 0.2) is 0 Å². The van der Waals surface area contributed by atoms with Crippen LogP contribution < -0.4 is 5.56 Å². The Hall–Kier alpha value is -1.30. The predicted octanol–water partition coefficient (Wildman–Crippen LogP) is 4.39. The number of fused-ring (bicyclic) bond motifs is 3. The summed E-state index contributed by atoms with van der Waals surface area (Å²) >= 11 is 9.30. The maximum absolute atomic E-state index is 12.7. The molecule has 0 atom stereocenters. The van der Waals surface area contributed by atoms with Crippen LogP contribution >= 0.6 is 34.7 Å². The Balaban J connectivity index is 1.54. The van der Waals surface area contributed by atoms with Crippen LogP contribution in [0.5, 0.6) is 0 Å². The van der Waals surface area contributed by atoms with E-state index in [1.807, 2.05) is 24.3 Å². The summed E-state index contributed by atoms with van der Waals surface area (Å²) in [4.78, 5) is 20.7. The predicted molar refractivity (Wildman–Crippen MR) is 98.1 cm³/mol. The van der Waals surface area contributed by atoms with Crippen LogP contribution in [0.3, 0.4) is 0 Å². The van der Waals surface area contributed by atoms with E-state index in [1.165, 1.54) is 10.4 Å². The van der Waals surface area contributed by atoms with Gasteiger partial charge in [0.25, 0.3) is 5.56 Å². The Bertz CT molecular complexity index is 915. The van der Waals surface area contributed by atoms with Crippen LogP contribution in [0.25, 0.3) is 10.2 Å². The Morgan fingerprint density at radius 2 is 2.09 bits per heavy atom. The summed E-state index contributed by atoms with van der Waals surface area (Å²) in [6, 6.07) is 7.78. The van der Waals surface area contributed by atoms with Gasteiger partial charge in [-0.25, -0.2) is 4.98 Å². The molecule has 0 saturated heterocycles. The molecule has 1 aromatic carbocycles. The van der Waals surface area contributed by atoms with E-state index in [1.54, 1.807) is 34.0 Å². The van der Waals surface area contributed by atoms with Crippen LogP contribution in [0.1, 0.15) is 16.9 Å². The molecule has 4 rings (SSSR count). The van der Waals surface area contributed by atoms with E-state index in [0.717, 1.165) is 45.2 Å². The maximum atomic E-state index is 12.7. The lowest BCUT2D eigenvalue weighted by Crippen LogP contribution is -2.21. The van der Waals surface area contributed by atoms with Gasteiger partial charge in [-0.2, -0.15) is 0 Å². The van der Waals surface area contributed by atoms with Gasteiger partial charge < -0.3 is 0 Å². The number of aromatic nitrogens is 2. The summed E-state index contributed by atoms with van der Waals surface area (Å²) < 4.78 is 1.75. The fraction of sp³-hybridized carbons (Fsp3) is 0.294. The topological polar surface area (TPSA) is 34.9 Å². The van der Waals surface area contributed by atoms with Gasteiger partial charge in [-0.1, -0.05) is 11.6 Å². The number of thiophene rings is 1. The third-order valence-electron chi connectivity index (χ3n) is 4.11. The first kappa shape index (κ1) is 15.2. The minimum atomic E-state index is 0.117. The Kier molecular flexibility index (Phi) is 4.18. The standard InChI is InChI=1S/C17H15ClN2OS2/c18-11-4-6-12(7-5-11)22-9-8-20-10-19-16-15(17(20)21)13-2-1-3-14(13)23-16/h4-7,10H,1-3,8-9H2. The summed E-state index contributed by atoms with van der Waals surface area (Å²) in [6.45, 7) is 0.666. The molecule has 23 heavy (non-hydrogen) atoms. The lowest BCUT2D eigenvalue weighted by Gasteiger charge is -2.06. The normalized spacial score (nSPS) is 13.6. The maximum Gasteiger partial charge on any atom is 0.262 e. The molecule has 0 N–H and O–H groups in total. The van der Waals surface area contributed by atoms with Crippen molar-refractivity contribution in [3.8, 4) is 0 Å². The van der Waals surface area contributed by atoms with Crippen molar-refractivity contribution in [2.75, 3.05) is 5.75 Å². The quantitative estimate of drug-likeness (QED) is 0.645. The molecule has 118 valence electrons. The van der Waals surface area contributed by atoms with Gasteiger partial charge >= 0.3 is 0 Å². The SMILES string of the molecule is O=c1c2c3c(sc2ncn1CCSc1ccc(Cl)cc1)CCC3. The Morgan fingerprint density at radius 3 is 2.91 bits per heavy atom. The van der Waals surface area contributed by atoms with Gasteiger partial charge in [0, 0.05) is 27.1 Å². The molecule has 2 aromatic heterocycles. The molecule has 1 aliphatic carbocycles. The van der Waals surface area contributed by atoms with Crippen LogP contribution in [-0.4, -0.2) is 15.3 Å². The molecular weight excluding hydrogens is 348 g/mol. The number of hydrogen-bond acceptors (Lipinski definition) is 4. The van der Waals surface area contributed by atoms with Gasteiger partial charge in [0.1, 0.15) is 4.83 Å². The molecule has 3 nitrogen and oxygen atoms in total. The average molecular weight is 363 g/mol. The van der Waals surface area contributed by atoms with Crippen molar-refractivity contribution in [3.63, 3.8) is 0 Å². The van der Waals surface area contributed by atoms with E-state index in [2.05, 4.69) is 4.98 Å². The second-order valence-electron chi connectivity index (χ2n) is 5.58. The first-order chi connectivity index (χ1) is 11.2. The van der Waals surface area contributed by atoms with E-state index < -0.39 is 0 Å². The number of thioether (sulfide) groups is 1. The minimum Gasteiger partial charge on any atom is -0.298 e. The highest BCUT2D eigenvalue weighted by atomic mass is 35.5. The highest BCUT2D eigenvalue weighted by molar-refractivity contribution is 7.99. The zero-order valence-electron chi connectivity index (χ0n) is 12.4. The van der Waals surface area contributed by atoms with E-state index in [0.29, 0.717) is 6.54 Å². The third-order valence-corrected chi connectivity index (χ3v) is 6.55. The van der Waals surface area contributed by atoms with Crippen molar-refractivity contribution >= 4 is 44.9 Å². The van der Waals surface area contributed by atoms with Gasteiger partial charge in [-0.3, -0.25) is 9.36 Å². The molecule has 0 spiro atoms. The lowest BCUT2D eigenvalue weighted by atomic mass is 10.2. The van der Waals surface area contributed by atoms with Crippen molar-refractivity contribution < 1.29 is 0 Å². The summed E-state index contributed by atoms with van der Waals surface area (Å²) in [6.07, 6.45) is 4.98. The average Bonchev–Trinajstić information content (AvgIpc) is 3.12. The molecular formula is C17H15ClN2OS2. The minimum absolute atomic E-state index is 0.117. The van der Waals surface area contributed by atoms with Crippen molar-refractivity contribution in [3.05, 3.63) is 56.4 Å². The second kappa shape index (κ2) is 6.30. The smallest absolute Gasteiger partial charge is 0.262 e. The number of rotatable bonds is 4. The molecule has 1 aliphatic rings. The monoisotopic (exact) mass is 362 g/mol. The van der Waals surface area contributed by atoms with Crippen molar-refractivity contribution in [2.24, 2.45) is 0 Å².